The van der Waals surface area contributed by atoms with Crippen molar-refractivity contribution in [3.63, 3.8) is 0 Å². The van der Waals surface area contributed by atoms with Gasteiger partial charge >= 0.3 is 0 Å². The second-order valence-electron chi connectivity index (χ2n) is 3.69. The zero-order chi connectivity index (χ0) is 8.85. The lowest BCUT2D eigenvalue weighted by Gasteiger charge is -2.26. The average Bonchev–Trinajstić information content (AvgIpc) is 1.87. The van der Waals surface area contributed by atoms with E-state index >= 15 is 0 Å². The van der Waals surface area contributed by atoms with Crippen molar-refractivity contribution in [3.05, 3.63) is 0 Å². The molecule has 0 saturated heterocycles. The fourth-order valence-electron chi connectivity index (χ4n) is 1.34. The maximum absolute atomic E-state index is 3.48. The van der Waals surface area contributed by atoms with E-state index in [1.807, 2.05) is 0 Å². The van der Waals surface area contributed by atoms with Crippen molar-refractivity contribution >= 4 is 0 Å². The molecular formula is C9H23N2+. The predicted molar refractivity (Wildman–Crippen MR) is 49.5 cm³/mol. The Morgan fingerprint density at radius 1 is 1.09 bits per heavy atom. The maximum Gasteiger partial charge on any atom is 0.0993 e. The number of hydrogen-bond acceptors (Lipinski definition) is 1. The van der Waals surface area contributed by atoms with Gasteiger partial charge in [0.05, 0.1) is 12.1 Å². The fraction of sp³-hybridized carbons (Fsp3) is 1.00. The zero-order valence-electron chi connectivity index (χ0n) is 8.57. The summed E-state index contributed by atoms with van der Waals surface area (Å²) in [5, 5.41) is 1.49. The Morgan fingerprint density at radius 2 is 1.55 bits per heavy atom. The average molecular weight is 159 g/mol. The van der Waals surface area contributed by atoms with Crippen LogP contribution in [0, 0.1) is 0 Å². The molecule has 0 aromatic rings. The van der Waals surface area contributed by atoms with Crippen LogP contribution in [0.2, 0.25) is 0 Å². The number of nitrogens with one attached hydrogen (secondary N) is 2. The molecule has 0 fully saturated rings. The Hall–Kier alpha value is -0.0800. The molecule has 0 saturated carbocycles. The summed E-state index contributed by atoms with van der Waals surface area (Å²) in [6.07, 6.45) is 1.21. The van der Waals surface area contributed by atoms with Crippen LogP contribution in [0.1, 0.15) is 41.0 Å². The van der Waals surface area contributed by atoms with E-state index in [9.17, 15) is 0 Å². The number of rotatable bonds is 5. The monoisotopic (exact) mass is 159 g/mol. The highest BCUT2D eigenvalue weighted by Crippen LogP contribution is 1.74. The Kier molecular flexibility index (Phi) is 5.51. The first-order valence-electron chi connectivity index (χ1n) is 4.70. The third-order valence-corrected chi connectivity index (χ3v) is 1.82. The van der Waals surface area contributed by atoms with E-state index in [1.54, 1.807) is 0 Å². The van der Waals surface area contributed by atoms with Gasteiger partial charge in [-0.15, -0.1) is 0 Å². The van der Waals surface area contributed by atoms with Gasteiger partial charge in [0, 0.05) is 6.54 Å². The van der Waals surface area contributed by atoms with Gasteiger partial charge in [-0.05, 0) is 34.1 Å². The second-order valence-corrected chi connectivity index (χ2v) is 3.69. The highest BCUT2D eigenvalue weighted by molar-refractivity contribution is 4.39. The van der Waals surface area contributed by atoms with Gasteiger partial charge in [0.25, 0.3) is 0 Å². The van der Waals surface area contributed by atoms with Gasteiger partial charge in [-0.25, -0.2) is 0 Å². The van der Waals surface area contributed by atoms with Gasteiger partial charge in [-0.2, -0.15) is 5.43 Å². The van der Waals surface area contributed by atoms with Crippen LogP contribution in [-0.2, 0) is 0 Å². The van der Waals surface area contributed by atoms with E-state index in [4.69, 9.17) is 0 Å². The van der Waals surface area contributed by atoms with Crippen LogP contribution in [0.4, 0.5) is 0 Å². The SMILES string of the molecule is CCCN[NH+](C(C)C)C(C)C. The van der Waals surface area contributed by atoms with E-state index < -0.39 is 0 Å². The molecule has 0 aromatic heterocycles. The third-order valence-electron chi connectivity index (χ3n) is 1.82. The zero-order valence-corrected chi connectivity index (χ0v) is 8.57. The molecule has 0 bridgehead atoms. The summed E-state index contributed by atoms with van der Waals surface area (Å²) in [7, 11) is 0. The van der Waals surface area contributed by atoms with Crippen LogP contribution in [-0.4, -0.2) is 18.6 Å². The topological polar surface area (TPSA) is 16.5 Å². The molecule has 2 N–H and O–H groups in total. The van der Waals surface area contributed by atoms with E-state index in [1.165, 1.54) is 11.4 Å². The minimum atomic E-state index is 0.668. The number of hydrogen-bond donors (Lipinski definition) is 2. The summed E-state index contributed by atoms with van der Waals surface area (Å²) in [5.41, 5.74) is 3.48. The van der Waals surface area contributed by atoms with E-state index in [0.717, 1.165) is 6.54 Å². The first-order chi connectivity index (χ1) is 5.09. The van der Waals surface area contributed by atoms with Crippen LogP contribution in [0.5, 0.6) is 0 Å². The minimum absolute atomic E-state index is 0.668. The molecule has 0 atom stereocenters. The van der Waals surface area contributed by atoms with Crippen molar-refractivity contribution < 1.29 is 5.01 Å². The molecule has 68 valence electrons. The molecule has 0 aromatic carbocycles. The first-order valence-corrected chi connectivity index (χ1v) is 4.70. The molecule has 2 nitrogen and oxygen atoms in total. The number of quaternary nitrogens is 1. The normalized spacial score (nSPS) is 12.0. The summed E-state index contributed by atoms with van der Waals surface area (Å²) in [6.45, 7) is 12.3. The minimum Gasteiger partial charge on any atom is -0.253 e. The molecule has 0 spiro atoms. The first kappa shape index (κ1) is 10.9. The van der Waals surface area contributed by atoms with E-state index in [0.29, 0.717) is 12.1 Å². The van der Waals surface area contributed by atoms with Crippen LogP contribution in [0.3, 0.4) is 0 Å². The van der Waals surface area contributed by atoms with Crippen molar-refractivity contribution in [2.24, 2.45) is 0 Å². The smallest absolute Gasteiger partial charge is 0.0993 e. The molecule has 0 aliphatic heterocycles. The summed E-state index contributed by atoms with van der Waals surface area (Å²) < 4.78 is 0. The van der Waals surface area contributed by atoms with Crippen LogP contribution >= 0.6 is 0 Å². The molecule has 0 heterocycles. The van der Waals surface area contributed by atoms with Gasteiger partial charge in [0.1, 0.15) is 0 Å². The molecule has 0 unspecified atom stereocenters. The molecule has 0 rings (SSSR count). The quantitative estimate of drug-likeness (QED) is 0.562. The summed E-state index contributed by atoms with van der Waals surface area (Å²) in [4.78, 5) is 0. The maximum atomic E-state index is 3.48. The highest BCUT2D eigenvalue weighted by atomic mass is 15.5. The Balaban J connectivity index is 3.70. The van der Waals surface area contributed by atoms with Gasteiger partial charge < -0.3 is 0 Å². The third kappa shape index (κ3) is 4.38. The lowest BCUT2D eigenvalue weighted by Crippen LogP contribution is -3.23. The molecule has 11 heavy (non-hydrogen) atoms. The van der Waals surface area contributed by atoms with Crippen LogP contribution in [0.25, 0.3) is 0 Å². The molecule has 0 aliphatic carbocycles. The van der Waals surface area contributed by atoms with Crippen molar-refractivity contribution in [1.82, 2.24) is 5.43 Å². The lowest BCUT2D eigenvalue weighted by atomic mass is 10.3. The van der Waals surface area contributed by atoms with Gasteiger partial charge in [-0.3, -0.25) is 5.01 Å². The standard InChI is InChI=1S/C9H22N2/c1-6-7-10-11(8(2)3)9(4)5/h8-10H,6-7H2,1-5H3/p+1. The van der Waals surface area contributed by atoms with Gasteiger partial charge in [0.15, 0.2) is 0 Å². The summed E-state index contributed by atoms with van der Waals surface area (Å²) >= 11 is 0. The highest BCUT2D eigenvalue weighted by Gasteiger charge is 2.15. The van der Waals surface area contributed by atoms with E-state index in [2.05, 4.69) is 40.0 Å². The predicted octanol–water partition coefficient (Wildman–Crippen LogP) is 0.603. The molecular weight excluding hydrogens is 136 g/mol. The lowest BCUT2D eigenvalue weighted by molar-refractivity contribution is -0.984. The van der Waals surface area contributed by atoms with Crippen LogP contribution in [0.15, 0.2) is 0 Å². The fourth-order valence-corrected chi connectivity index (χ4v) is 1.34. The van der Waals surface area contributed by atoms with Crippen LogP contribution < -0.4 is 10.4 Å². The molecule has 0 amide bonds. The second kappa shape index (κ2) is 5.56. The summed E-state index contributed by atoms with van der Waals surface area (Å²) in [6, 6.07) is 1.34. The Bertz CT molecular complexity index is 81.6. The molecule has 0 radical (unpaired) electrons. The molecule has 2 heteroatoms. The van der Waals surface area contributed by atoms with Crippen molar-refractivity contribution in [2.75, 3.05) is 6.54 Å². The molecule has 0 aliphatic rings. The van der Waals surface area contributed by atoms with Gasteiger partial charge in [0.2, 0.25) is 0 Å². The summed E-state index contributed by atoms with van der Waals surface area (Å²) in [5.74, 6) is 0. The van der Waals surface area contributed by atoms with E-state index in [-0.39, 0.29) is 0 Å². The Morgan fingerprint density at radius 3 is 1.82 bits per heavy atom. The largest absolute Gasteiger partial charge is 0.253 e. The Labute approximate surface area is 70.9 Å². The van der Waals surface area contributed by atoms with Crippen molar-refractivity contribution in [1.29, 1.82) is 0 Å². The van der Waals surface area contributed by atoms with Gasteiger partial charge in [-0.1, -0.05) is 6.92 Å². The van der Waals surface area contributed by atoms with Crippen molar-refractivity contribution in [3.8, 4) is 0 Å². The van der Waals surface area contributed by atoms with Crippen molar-refractivity contribution in [2.45, 2.75) is 53.1 Å².